The minimum Gasteiger partial charge on any atom is -0.352 e. The number of nitrogens with one attached hydrogen (secondary N) is 2. The van der Waals surface area contributed by atoms with E-state index < -0.39 is 6.04 Å². The lowest BCUT2D eigenvalue weighted by Crippen LogP contribution is -2.59. The van der Waals surface area contributed by atoms with Crippen LogP contribution in [0.2, 0.25) is 0 Å². The lowest BCUT2D eigenvalue weighted by molar-refractivity contribution is -0.126. The van der Waals surface area contributed by atoms with Gasteiger partial charge in [0.05, 0.1) is 16.6 Å². The number of fused-ring (bicyclic) bond motifs is 1. The summed E-state index contributed by atoms with van der Waals surface area (Å²) in [6, 6.07) is 1.65. The number of hydrogen-bond donors (Lipinski definition) is 2. The first kappa shape index (κ1) is 16.7. The van der Waals surface area contributed by atoms with Crippen LogP contribution in [0.5, 0.6) is 0 Å². The number of rotatable bonds is 4. The summed E-state index contributed by atoms with van der Waals surface area (Å²) in [7, 11) is 0. The maximum Gasteiger partial charge on any atom is 0.259 e. The fourth-order valence-corrected chi connectivity index (χ4v) is 3.73. The zero-order chi connectivity index (χ0) is 18.5. The highest BCUT2D eigenvalue weighted by atomic mass is 16.5. The lowest BCUT2D eigenvalue weighted by atomic mass is 10.0. The number of carbonyl (C=O) groups excluding carboxylic acids is 2. The van der Waals surface area contributed by atoms with Gasteiger partial charge in [0.25, 0.3) is 11.6 Å². The molecule has 0 aromatic carbocycles. The van der Waals surface area contributed by atoms with Gasteiger partial charge in [-0.05, 0) is 38.7 Å². The molecule has 8 heteroatoms. The molecule has 1 atom stereocenters. The second-order valence-electron chi connectivity index (χ2n) is 7.82. The van der Waals surface area contributed by atoms with E-state index in [0.717, 1.165) is 31.4 Å². The van der Waals surface area contributed by atoms with E-state index in [9.17, 15) is 9.59 Å². The molecule has 2 aromatic rings. The third-order valence-corrected chi connectivity index (χ3v) is 5.59. The Bertz CT molecular complexity index is 915. The summed E-state index contributed by atoms with van der Waals surface area (Å²) in [6.07, 6.45) is 4.21. The summed E-state index contributed by atoms with van der Waals surface area (Å²) in [4.78, 5) is 32.4. The van der Waals surface area contributed by atoms with Crippen molar-refractivity contribution in [1.29, 1.82) is 0 Å². The SMILES string of the molecule is Cc1noc2nc(C3CC3)cc(C(=O)N3CCNC[C@@H]3C(=O)NC3CC3)c12. The van der Waals surface area contributed by atoms with Crippen LogP contribution in [0.15, 0.2) is 10.6 Å². The average molecular weight is 369 g/mol. The first-order valence-electron chi connectivity index (χ1n) is 9.71. The van der Waals surface area contributed by atoms with Crippen molar-refractivity contribution in [2.45, 2.75) is 50.6 Å². The summed E-state index contributed by atoms with van der Waals surface area (Å²) in [5.41, 5.74) is 2.49. The molecule has 2 N–H and O–H groups in total. The third kappa shape index (κ3) is 3.07. The molecule has 2 saturated carbocycles. The van der Waals surface area contributed by atoms with E-state index in [1.54, 1.807) is 4.90 Å². The fourth-order valence-electron chi connectivity index (χ4n) is 3.73. The molecule has 5 rings (SSSR count). The summed E-state index contributed by atoms with van der Waals surface area (Å²) >= 11 is 0. The molecule has 1 saturated heterocycles. The van der Waals surface area contributed by atoms with E-state index in [1.165, 1.54) is 0 Å². The number of hydrogen-bond acceptors (Lipinski definition) is 6. The number of piperazine rings is 1. The van der Waals surface area contributed by atoms with Crippen molar-refractivity contribution in [2.24, 2.45) is 0 Å². The van der Waals surface area contributed by atoms with Crippen LogP contribution in [-0.4, -0.2) is 58.6 Å². The van der Waals surface area contributed by atoms with Crippen LogP contribution in [0.25, 0.3) is 11.1 Å². The Morgan fingerprint density at radius 2 is 2.11 bits per heavy atom. The molecule has 3 heterocycles. The van der Waals surface area contributed by atoms with Gasteiger partial charge in [0.1, 0.15) is 6.04 Å². The highest BCUT2D eigenvalue weighted by Crippen LogP contribution is 2.40. The zero-order valence-electron chi connectivity index (χ0n) is 15.3. The van der Waals surface area contributed by atoms with Crippen molar-refractivity contribution in [2.75, 3.05) is 19.6 Å². The first-order valence-corrected chi connectivity index (χ1v) is 9.71. The Balaban J connectivity index is 1.51. The van der Waals surface area contributed by atoms with Crippen LogP contribution in [0, 0.1) is 6.92 Å². The Kier molecular flexibility index (Phi) is 3.89. The Labute approximate surface area is 156 Å². The fraction of sp³-hybridized carbons (Fsp3) is 0.579. The smallest absolute Gasteiger partial charge is 0.259 e. The number of carbonyl (C=O) groups is 2. The quantitative estimate of drug-likeness (QED) is 0.837. The molecule has 3 aliphatic rings. The van der Waals surface area contributed by atoms with Crippen molar-refractivity contribution in [3.63, 3.8) is 0 Å². The van der Waals surface area contributed by atoms with Gasteiger partial charge in [-0.25, -0.2) is 4.98 Å². The molecule has 142 valence electrons. The van der Waals surface area contributed by atoms with Crippen molar-refractivity contribution in [3.8, 4) is 0 Å². The number of pyridine rings is 1. The first-order chi connectivity index (χ1) is 13.1. The molecule has 8 nitrogen and oxygen atoms in total. The van der Waals surface area contributed by atoms with Gasteiger partial charge in [0, 0.05) is 37.3 Å². The molecule has 2 aliphatic carbocycles. The summed E-state index contributed by atoms with van der Waals surface area (Å²) in [5, 5.41) is 10.9. The van der Waals surface area contributed by atoms with E-state index in [-0.39, 0.29) is 17.9 Å². The van der Waals surface area contributed by atoms with E-state index in [0.29, 0.717) is 47.9 Å². The molecule has 0 unspecified atom stereocenters. The van der Waals surface area contributed by atoms with E-state index in [4.69, 9.17) is 4.52 Å². The topological polar surface area (TPSA) is 100 Å². The normalized spacial score (nSPS) is 22.9. The van der Waals surface area contributed by atoms with Crippen LogP contribution >= 0.6 is 0 Å². The van der Waals surface area contributed by atoms with Crippen LogP contribution in [-0.2, 0) is 4.79 Å². The van der Waals surface area contributed by atoms with Crippen molar-refractivity contribution in [1.82, 2.24) is 25.7 Å². The minimum atomic E-state index is -0.500. The minimum absolute atomic E-state index is 0.0761. The van der Waals surface area contributed by atoms with Gasteiger partial charge in [-0.2, -0.15) is 0 Å². The average Bonchev–Trinajstić information content (AvgIpc) is 3.60. The van der Waals surface area contributed by atoms with Crippen molar-refractivity contribution in [3.05, 3.63) is 23.0 Å². The van der Waals surface area contributed by atoms with Gasteiger partial charge >= 0.3 is 0 Å². The maximum absolute atomic E-state index is 13.5. The Hall–Kier alpha value is -2.48. The monoisotopic (exact) mass is 369 g/mol. The molecule has 1 aliphatic heterocycles. The molecule has 2 amide bonds. The molecule has 0 spiro atoms. The molecule has 0 bridgehead atoms. The van der Waals surface area contributed by atoms with E-state index >= 15 is 0 Å². The number of aromatic nitrogens is 2. The molecular weight excluding hydrogens is 346 g/mol. The predicted molar refractivity (Wildman–Crippen MR) is 97.4 cm³/mol. The maximum atomic E-state index is 13.5. The predicted octanol–water partition coefficient (Wildman–Crippen LogP) is 1.10. The second-order valence-corrected chi connectivity index (χ2v) is 7.82. The van der Waals surface area contributed by atoms with Crippen LogP contribution < -0.4 is 10.6 Å². The van der Waals surface area contributed by atoms with Gasteiger partial charge in [-0.1, -0.05) is 5.16 Å². The van der Waals surface area contributed by atoms with E-state index in [1.807, 2.05) is 13.0 Å². The van der Waals surface area contributed by atoms with Crippen molar-refractivity contribution >= 4 is 22.9 Å². The van der Waals surface area contributed by atoms with Gasteiger partial charge in [-0.15, -0.1) is 0 Å². The lowest BCUT2D eigenvalue weighted by Gasteiger charge is -2.35. The van der Waals surface area contributed by atoms with Crippen LogP contribution in [0.1, 0.15) is 53.3 Å². The number of nitrogens with zero attached hydrogens (tertiary/aromatic N) is 3. The summed E-state index contributed by atoms with van der Waals surface area (Å²) in [6.45, 7) is 3.45. The Morgan fingerprint density at radius 3 is 2.85 bits per heavy atom. The molecule has 27 heavy (non-hydrogen) atoms. The molecule has 0 radical (unpaired) electrons. The van der Waals surface area contributed by atoms with Gasteiger partial charge in [-0.3, -0.25) is 9.59 Å². The van der Waals surface area contributed by atoms with E-state index in [2.05, 4.69) is 20.8 Å². The van der Waals surface area contributed by atoms with Gasteiger partial charge in [0.2, 0.25) is 5.91 Å². The van der Waals surface area contributed by atoms with Crippen molar-refractivity contribution < 1.29 is 14.1 Å². The molecule has 2 aromatic heterocycles. The third-order valence-electron chi connectivity index (χ3n) is 5.59. The molecular formula is C19H23N5O3. The van der Waals surface area contributed by atoms with Gasteiger partial charge in [0.15, 0.2) is 0 Å². The van der Waals surface area contributed by atoms with Crippen LogP contribution in [0.4, 0.5) is 0 Å². The molecule has 3 fully saturated rings. The highest BCUT2D eigenvalue weighted by molar-refractivity contribution is 6.07. The summed E-state index contributed by atoms with van der Waals surface area (Å²) < 4.78 is 5.36. The standard InChI is InChI=1S/C19H23N5O3/c1-10-16-13(8-14(11-2-3-11)22-18(16)27-23-10)19(26)24-7-6-20-9-15(24)17(25)21-12-4-5-12/h8,11-12,15,20H,2-7,9H2,1H3,(H,21,25)/t15-/m1/s1. The zero-order valence-corrected chi connectivity index (χ0v) is 15.3. The van der Waals surface area contributed by atoms with Gasteiger partial charge < -0.3 is 20.1 Å². The van der Waals surface area contributed by atoms with Crippen LogP contribution in [0.3, 0.4) is 0 Å². The number of amides is 2. The highest BCUT2D eigenvalue weighted by Gasteiger charge is 2.37. The largest absolute Gasteiger partial charge is 0.352 e. The summed E-state index contributed by atoms with van der Waals surface area (Å²) in [5.74, 6) is 0.171. The Morgan fingerprint density at radius 1 is 1.30 bits per heavy atom. The second kappa shape index (κ2) is 6.30. The number of aryl methyl sites for hydroxylation is 1.